The fraction of sp³-hybridized carbons (Fsp3) is 0.500. The number of carbonyl (C=O) groups is 1. The van der Waals surface area contributed by atoms with Crippen LogP contribution in [0.5, 0.6) is 0 Å². The highest BCUT2D eigenvalue weighted by molar-refractivity contribution is 5.94. The van der Waals surface area contributed by atoms with Gasteiger partial charge in [-0.1, -0.05) is 19.9 Å². The van der Waals surface area contributed by atoms with E-state index in [1.165, 1.54) is 18.2 Å². The Hall–Kier alpha value is -1.42. The number of rotatable bonds is 5. The van der Waals surface area contributed by atoms with Gasteiger partial charge in [-0.2, -0.15) is 0 Å². The molecular weight excluding hydrogens is 231 g/mol. The molecule has 1 unspecified atom stereocenters. The second kappa shape index (κ2) is 5.96. The molecule has 4 heteroatoms. The van der Waals surface area contributed by atoms with Crippen molar-refractivity contribution in [3.05, 3.63) is 35.6 Å². The fourth-order valence-corrected chi connectivity index (χ4v) is 2.06. The molecule has 0 aliphatic rings. The molecule has 0 saturated carbocycles. The van der Waals surface area contributed by atoms with Gasteiger partial charge >= 0.3 is 0 Å². The highest BCUT2D eigenvalue weighted by atomic mass is 19.1. The van der Waals surface area contributed by atoms with Crippen LogP contribution in [0, 0.1) is 11.7 Å². The second-order valence-corrected chi connectivity index (χ2v) is 5.33. The fourth-order valence-electron chi connectivity index (χ4n) is 2.06. The van der Waals surface area contributed by atoms with Gasteiger partial charge in [0.15, 0.2) is 0 Å². The maximum atomic E-state index is 13.0. The predicted molar refractivity (Wildman–Crippen MR) is 70.8 cm³/mol. The lowest BCUT2D eigenvalue weighted by Gasteiger charge is -2.31. The summed E-state index contributed by atoms with van der Waals surface area (Å²) in [6.07, 6.45) is 0.782. The topological polar surface area (TPSA) is 55.1 Å². The van der Waals surface area contributed by atoms with Crippen molar-refractivity contribution in [2.24, 2.45) is 11.7 Å². The Morgan fingerprint density at radius 1 is 1.50 bits per heavy atom. The van der Waals surface area contributed by atoms with Crippen molar-refractivity contribution in [2.75, 3.05) is 6.54 Å². The number of nitrogens with one attached hydrogen (secondary N) is 1. The molecule has 0 bridgehead atoms. The summed E-state index contributed by atoms with van der Waals surface area (Å²) in [5.41, 5.74) is 5.58. The molecule has 0 fully saturated rings. The van der Waals surface area contributed by atoms with Crippen molar-refractivity contribution >= 4 is 5.91 Å². The summed E-state index contributed by atoms with van der Waals surface area (Å²) in [5.74, 6) is -0.282. The molecule has 3 nitrogen and oxygen atoms in total. The highest BCUT2D eigenvalue weighted by Gasteiger charge is 2.26. The van der Waals surface area contributed by atoms with Crippen LogP contribution in [-0.4, -0.2) is 18.0 Å². The molecule has 1 atom stereocenters. The largest absolute Gasteiger partial charge is 0.346 e. The number of benzene rings is 1. The second-order valence-electron chi connectivity index (χ2n) is 5.33. The summed E-state index contributed by atoms with van der Waals surface area (Å²) >= 11 is 0. The highest BCUT2D eigenvalue weighted by Crippen LogP contribution is 2.16. The zero-order chi connectivity index (χ0) is 13.8. The van der Waals surface area contributed by atoms with Gasteiger partial charge in [-0.15, -0.1) is 0 Å². The summed E-state index contributed by atoms with van der Waals surface area (Å²) < 4.78 is 13.0. The third-order valence-corrected chi connectivity index (χ3v) is 2.81. The van der Waals surface area contributed by atoms with E-state index in [-0.39, 0.29) is 5.91 Å². The van der Waals surface area contributed by atoms with Gasteiger partial charge in [0.05, 0.1) is 0 Å². The normalized spacial score (nSPS) is 14.3. The van der Waals surface area contributed by atoms with Gasteiger partial charge in [0.2, 0.25) is 0 Å². The molecule has 1 aromatic rings. The van der Waals surface area contributed by atoms with Crippen LogP contribution in [0.1, 0.15) is 37.6 Å². The monoisotopic (exact) mass is 252 g/mol. The molecule has 18 heavy (non-hydrogen) atoms. The molecule has 0 saturated heterocycles. The average Bonchev–Trinajstić information content (AvgIpc) is 2.27. The molecule has 0 aliphatic carbocycles. The molecule has 1 rings (SSSR count). The van der Waals surface area contributed by atoms with Crippen molar-refractivity contribution in [1.82, 2.24) is 5.32 Å². The van der Waals surface area contributed by atoms with E-state index in [2.05, 4.69) is 19.2 Å². The van der Waals surface area contributed by atoms with Crippen molar-refractivity contribution in [3.8, 4) is 0 Å². The smallest absolute Gasteiger partial charge is 0.251 e. The van der Waals surface area contributed by atoms with Crippen LogP contribution in [0.4, 0.5) is 4.39 Å². The number of nitrogens with two attached hydrogens (primary N) is 1. The maximum Gasteiger partial charge on any atom is 0.251 e. The van der Waals surface area contributed by atoms with E-state index < -0.39 is 11.4 Å². The van der Waals surface area contributed by atoms with E-state index in [0.717, 1.165) is 6.42 Å². The zero-order valence-corrected chi connectivity index (χ0v) is 11.2. The van der Waals surface area contributed by atoms with Gasteiger partial charge < -0.3 is 11.1 Å². The van der Waals surface area contributed by atoms with E-state index in [0.29, 0.717) is 18.0 Å². The van der Waals surface area contributed by atoms with Crippen molar-refractivity contribution in [3.63, 3.8) is 0 Å². The van der Waals surface area contributed by atoms with Crippen molar-refractivity contribution < 1.29 is 9.18 Å². The first-order valence-electron chi connectivity index (χ1n) is 6.14. The Morgan fingerprint density at radius 3 is 2.67 bits per heavy atom. The first kappa shape index (κ1) is 14.6. The Kier molecular flexibility index (Phi) is 4.84. The molecule has 0 heterocycles. The van der Waals surface area contributed by atoms with Crippen molar-refractivity contribution in [1.29, 1.82) is 0 Å². The molecule has 1 aromatic carbocycles. The Balaban J connectivity index is 2.79. The molecule has 0 spiro atoms. The molecule has 1 amide bonds. The molecule has 0 aromatic heterocycles. The average molecular weight is 252 g/mol. The molecule has 0 radical (unpaired) electrons. The van der Waals surface area contributed by atoms with Gasteiger partial charge in [-0.05, 0) is 37.5 Å². The van der Waals surface area contributed by atoms with Gasteiger partial charge in [-0.25, -0.2) is 4.39 Å². The van der Waals surface area contributed by atoms with Crippen LogP contribution in [0.3, 0.4) is 0 Å². The lowest BCUT2D eigenvalue weighted by atomic mass is 9.90. The summed E-state index contributed by atoms with van der Waals surface area (Å²) in [4.78, 5) is 12.0. The van der Waals surface area contributed by atoms with Gasteiger partial charge in [0.1, 0.15) is 5.82 Å². The third kappa shape index (κ3) is 4.11. The number of amides is 1. The quantitative estimate of drug-likeness (QED) is 0.845. The first-order valence-corrected chi connectivity index (χ1v) is 6.14. The predicted octanol–water partition coefficient (Wildman–Crippen LogP) is 2.32. The summed E-state index contributed by atoms with van der Waals surface area (Å²) in [7, 11) is 0. The van der Waals surface area contributed by atoms with E-state index in [9.17, 15) is 9.18 Å². The van der Waals surface area contributed by atoms with Gasteiger partial charge in [-0.3, -0.25) is 4.79 Å². The SMILES string of the molecule is CC(C)CC(C)(CN)NC(=O)c1cccc(F)c1. The zero-order valence-electron chi connectivity index (χ0n) is 11.2. The van der Waals surface area contributed by atoms with Crippen LogP contribution in [0.2, 0.25) is 0 Å². The van der Waals surface area contributed by atoms with Crippen LogP contribution >= 0.6 is 0 Å². The van der Waals surface area contributed by atoms with E-state index in [1.807, 2.05) is 6.92 Å². The summed E-state index contributed by atoms with van der Waals surface area (Å²) in [6, 6.07) is 5.64. The molecule has 0 aliphatic heterocycles. The van der Waals surface area contributed by atoms with Crippen LogP contribution in [0.15, 0.2) is 24.3 Å². The van der Waals surface area contributed by atoms with E-state index in [1.54, 1.807) is 6.07 Å². The lowest BCUT2D eigenvalue weighted by molar-refractivity contribution is 0.0898. The standard InChI is InChI=1S/C14H21FN2O/c1-10(2)8-14(3,9-16)17-13(18)11-5-4-6-12(15)7-11/h4-7,10H,8-9,16H2,1-3H3,(H,17,18). The summed E-state index contributed by atoms with van der Waals surface area (Å²) in [6.45, 7) is 6.40. The Bertz CT molecular complexity index is 420. The number of halogens is 1. The Morgan fingerprint density at radius 2 is 2.17 bits per heavy atom. The minimum absolute atomic E-state index is 0.289. The van der Waals surface area contributed by atoms with E-state index in [4.69, 9.17) is 5.73 Å². The minimum Gasteiger partial charge on any atom is -0.346 e. The number of hydrogen-bond donors (Lipinski definition) is 2. The molecule has 100 valence electrons. The lowest BCUT2D eigenvalue weighted by Crippen LogP contribution is -2.52. The van der Waals surface area contributed by atoms with Gasteiger partial charge in [0, 0.05) is 17.6 Å². The summed E-state index contributed by atoms with van der Waals surface area (Å²) in [5, 5.41) is 2.89. The maximum absolute atomic E-state index is 13.0. The van der Waals surface area contributed by atoms with E-state index >= 15 is 0 Å². The van der Waals surface area contributed by atoms with Gasteiger partial charge in [0.25, 0.3) is 5.91 Å². The van der Waals surface area contributed by atoms with Crippen molar-refractivity contribution in [2.45, 2.75) is 32.7 Å². The Labute approximate surface area is 108 Å². The number of hydrogen-bond acceptors (Lipinski definition) is 2. The van der Waals surface area contributed by atoms with Crippen LogP contribution < -0.4 is 11.1 Å². The van der Waals surface area contributed by atoms with Crippen LogP contribution in [-0.2, 0) is 0 Å². The molecule has 3 N–H and O–H groups in total. The van der Waals surface area contributed by atoms with Crippen LogP contribution in [0.25, 0.3) is 0 Å². The molecular formula is C14H21FN2O. The first-order chi connectivity index (χ1) is 8.36. The third-order valence-electron chi connectivity index (χ3n) is 2.81. The number of carbonyl (C=O) groups excluding carboxylic acids is 1. The minimum atomic E-state index is -0.461.